The van der Waals surface area contributed by atoms with Gasteiger partial charge in [-0.15, -0.1) is 11.3 Å². The lowest BCUT2D eigenvalue weighted by Crippen LogP contribution is -2.32. The normalized spacial score (nSPS) is 25.5. The van der Waals surface area contributed by atoms with E-state index in [0.29, 0.717) is 35.6 Å². The van der Waals surface area contributed by atoms with Crippen LogP contribution in [0.3, 0.4) is 0 Å². The summed E-state index contributed by atoms with van der Waals surface area (Å²) in [6, 6.07) is 3.46. The molecule has 1 saturated heterocycles. The number of rotatable bonds is 4. The molecule has 24 heavy (non-hydrogen) atoms. The van der Waals surface area contributed by atoms with E-state index in [1.54, 1.807) is 10.4 Å². The van der Waals surface area contributed by atoms with Crippen molar-refractivity contribution < 1.29 is 12.9 Å². The van der Waals surface area contributed by atoms with Crippen LogP contribution in [0.1, 0.15) is 23.4 Å². The summed E-state index contributed by atoms with van der Waals surface area (Å²) in [7, 11) is -3.52. The molecule has 0 bridgehead atoms. The number of aryl methyl sites for hydroxylation is 2. The van der Waals surface area contributed by atoms with Gasteiger partial charge in [-0.2, -0.15) is 4.31 Å². The zero-order valence-electron chi connectivity index (χ0n) is 13.7. The van der Waals surface area contributed by atoms with E-state index in [1.807, 2.05) is 19.9 Å². The SMILES string of the molecule is Cc1cc(-c2cc(S(=O)(=O)N3C[C@@H](N)[C@H](C4CC4)C3)c(C)s2)on1. The first-order valence-electron chi connectivity index (χ1n) is 8.16. The molecular formula is C16H21N3O3S2. The second-order valence-corrected chi connectivity index (χ2v) is 10.0. The average molecular weight is 367 g/mol. The number of hydrogen-bond donors (Lipinski definition) is 1. The van der Waals surface area contributed by atoms with Gasteiger partial charge >= 0.3 is 0 Å². The van der Waals surface area contributed by atoms with Crippen LogP contribution in [-0.4, -0.2) is 37.0 Å². The fourth-order valence-electron chi connectivity index (χ4n) is 3.50. The zero-order valence-corrected chi connectivity index (χ0v) is 15.4. The maximum Gasteiger partial charge on any atom is 0.244 e. The fraction of sp³-hybridized carbons (Fsp3) is 0.562. The first kappa shape index (κ1) is 16.3. The van der Waals surface area contributed by atoms with Crippen LogP contribution in [0.2, 0.25) is 0 Å². The topological polar surface area (TPSA) is 89.4 Å². The number of sulfonamides is 1. The first-order chi connectivity index (χ1) is 11.4. The van der Waals surface area contributed by atoms with Crippen molar-refractivity contribution in [1.82, 2.24) is 9.46 Å². The Morgan fingerprint density at radius 3 is 2.67 bits per heavy atom. The minimum atomic E-state index is -3.52. The van der Waals surface area contributed by atoms with E-state index in [1.165, 1.54) is 24.2 Å². The van der Waals surface area contributed by atoms with Gasteiger partial charge in [-0.3, -0.25) is 0 Å². The highest BCUT2D eigenvalue weighted by atomic mass is 32.2. The predicted octanol–water partition coefficient (Wildman–Crippen LogP) is 2.38. The molecule has 1 aliphatic carbocycles. The van der Waals surface area contributed by atoms with Crippen LogP contribution in [0.5, 0.6) is 0 Å². The van der Waals surface area contributed by atoms with E-state index in [9.17, 15) is 8.42 Å². The molecule has 2 aromatic rings. The molecule has 2 N–H and O–H groups in total. The van der Waals surface area contributed by atoms with Gasteiger partial charge in [0.15, 0.2) is 5.76 Å². The molecule has 130 valence electrons. The van der Waals surface area contributed by atoms with Gasteiger partial charge < -0.3 is 10.3 Å². The van der Waals surface area contributed by atoms with E-state index < -0.39 is 10.0 Å². The minimum absolute atomic E-state index is 0.0531. The van der Waals surface area contributed by atoms with Gasteiger partial charge in [0, 0.05) is 30.1 Å². The molecule has 4 rings (SSSR count). The van der Waals surface area contributed by atoms with Crippen LogP contribution in [0.15, 0.2) is 21.6 Å². The van der Waals surface area contributed by atoms with Crippen LogP contribution in [-0.2, 0) is 10.0 Å². The highest BCUT2D eigenvalue weighted by Gasteiger charge is 2.45. The summed E-state index contributed by atoms with van der Waals surface area (Å²) in [4.78, 5) is 1.91. The number of nitrogens with zero attached hydrogens (tertiary/aromatic N) is 2. The van der Waals surface area contributed by atoms with Crippen LogP contribution < -0.4 is 5.73 Å². The van der Waals surface area contributed by atoms with Gasteiger partial charge in [0.2, 0.25) is 10.0 Å². The average Bonchev–Trinajstić information content (AvgIpc) is 2.93. The third-order valence-corrected chi connectivity index (χ3v) is 8.12. The van der Waals surface area contributed by atoms with Crippen molar-refractivity contribution in [3.63, 3.8) is 0 Å². The van der Waals surface area contributed by atoms with Crippen molar-refractivity contribution in [3.05, 3.63) is 22.7 Å². The van der Waals surface area contributed by atoms with Crippen LogP contribution in [0.4, 0.5) is 0 Å². The van der Waals surface area contributed by atoms with Gasteiger partial charge in [-0.05, 0) is 44.6 Å². The predicted molar refractivity (Wildman–Crippen MR) is 92.2 cm³/mol. The molecule has 2 atom stereocenters. The van der Waals surface area contributed by atoms with Gasteiger partial charge in [-0.25, -0.2) is 8.42 Å². The summed E-state index contributed by atoms with van der Waals surface area (Å²) in [5.74, 6) is 1.52. The van der Waals surface area contributed by atoms with E-state index in [0.717, 1.165) is 15.4 Å². The van der Waals surface area contributed by atoms with Crippen LogP contribution in [0.25, 0.3) is 10.6 Å². The summed E-state index contributed by atoms with van der Waals surface area (Å²) < 4.78 is 33.0. The maximum absolute atomic E-state index is 13.1. The standard InChI is InChI=1S/C16H21N3O3S2/c1-9-5-14(22-18-9)15-6-16(10(2)23-15)24(20,21)19-7-12(11-3-4-11)13(17)8-19/h5-6,11-13H,3-4,7-8,17H2,1-2H3/t12-,13+/m0/s1. The number of hydrogen-bond acceptors (Lipinski definition) is 6. The lowest BCUT2D eigenvalue weighted by molar-refractivity contribution is 0.427. The van der Waals surface area contributed by atoms with E-state index in [2.05, 4.69) is 5.16 Å². The van der Waals surface area contributed by atoms with Crippen molar-refractivity contribution in [2.24, 2.45) is 17.6 Å². The molecule has 2 fully saturated rings. The molecule has 1 saturated carbocycles. The highest BCUT2D eigenvalue weighted by molar-refractivity contribution is 7.89. The van der Waals surface area contributed by atoms with Crippen molar-refractivity contribution in [2.45, 2.75) is 37.6 Å². The Bertz CT molecular complexity index is 867. The molecule has 0 amide bonds. The second-order valence-electron chi connectivity index (χ2n) is 6.85. The quantitative estimate of drug-likeness (QED) is 0.896. The minimum Gasteiger partial charge on any atom is -0.355 e. The van der Waals surface area contributed by atoms with Crippen molar-refractivity contribution in [1.29, 1.82) is 0 Å². The monoisotopic (exact) mass is 367 g/mol. The molecule has 3 heterocycles. The highest BCUT2D eigenvalue weighted by Crippen LogP contribution is 2.43. The largest absolute Gasteiger partial charge is 0.355 e. The smallest absolute Gasteiger partial charge is 0.244 e. The van der Waals surface area contributed by atoms with Gasteiger partial charge in [0.25, 0.3) is 0 Å². The van der Waals surface area contributed by atoms with E-state index in [-0.39, 0.29) is 6.04 Å². The summed E-state index contributed by atoms with van der Waals surface area (Å²) in [5.41, 5.74) is 6.97. The van der Waals surface area contributed by atoms with Gasteiger partial charge in [-0.1, -0.05) is 5.16 Å². The molecule has 0 spiro atoms. The third-order valence-electron chi connectivity index (χ3n) is 4.97. The Hall–Kier alpha value is -1.22. The first-order valence-corrected chi connectivity index (χ1v) is 10.4. The van der Waals surface area contributed by atoms with Gasteiger partial charge in [0.05, 0.1) is 15.5 Å². The summed E-state index contributed by atoms with van der Waals surface area (Å²) in [5, 5.41) is 3.87. The Labute approximate surface area is 145 Å². The zero-order chi connectivity index (χ0) is 17.1. The number of aromatic nitrogens is 1. The maximum atomic E-state index is 13.1. The lowest BCUT2D eigenvalue weighted by atomic mass is 9.99. The van der Waals surface area contributed by atoms with Crippen molar-refractivity contribution >= 4 is 21.4 Å². The van der Waals surface area contributed by atoms with Gasteiger partial charge in [0.1, 0.15) is 0 Å². The molecule has 0 aromatic carbocycles. The summed E-state index contributed by atoms with van der Waals surface area (Å²) in [6.07, 6.45) is 2.36. The molecule has 2 aromatic heterocycles. The summed E-state index contributed by atoms with van der Waals surface area (Å²) >= 11 is 1.42. The summed E-state index contributed by atoms with van der Waals surface area (Å²) in [6.45, 7) is 4.63. The van der Waals surface area contributed by atoms with Crippen molar-refractivity contribution in [2.75, 3.05) is 13.1 Å². The lowest BCUT2D eigenvalue weighted by Gasteiger charge is -2.16. The van der Waals surface area contributed by atoms with E-state index in [4.69, 9.17) is 10.3 Å². The third kappa shape index (κ3) is 2.71. The second kappa shape index (κ2) is 5.66. The Balaban J connectivity index is 1.64. The molecule has 0 unspecified atom stereocenters. The molecular weight excluding hydrogens is 346 g/mol. The van der Waals surface area contributed by atoms with Crippen LogP contribution in [0, 0.1) is 25.7 Å². The Kier molecular flexibility index (Phi) is 3.83. The molecule has 0 radical (unpaired) electrons. The number of nitrogens with two attached hydrogens (primary N) is 1. The van der Waals surface area contributed by atoms with Crippen molar-refractivity contribution in [3.8, 4) is 10.6 Å². The molecule has 8 heteroatoms. The molecule has 6 nitrogen and oxygen atoms in total. The Morgan fingerprint density at radius 2 is 2.04 bits per heavy atom. The van der Waals surface area contributed by atoms with Crippen LogP contribution >= 0.6 is 11.3 Å². The Morgan fingerprint density at radius 1 is 1.29 bits per heavy atom. The molecule has 1 aliphatic heterocycles. The molecule has 2 aliphatic rings. The number of thiophene rings is 1. The fourth-order valence-corrected chi connectivity index (χ4v) is 6.52. The van der Waals surface area contributed by atoms with E-state index >= 15 is 0 Å².